The molecule has 0 radical (unpaired) electrons. The average molecular weight is 363 g/mol. The van der Waals surface area contributed by atoms with Gasteiger partial charge in [-0.05, 0) is 12.8 Å². The van der Waals surface area contributed by atoms with Crippen LogP contribution < -0.4 is 70.2 Å². The van der Waals surface area contributed by atoms with E-state index < -0.39 is 17.4 Å². The van der Waals surface area contributed by atoms with Crippen LogP contribution in [0.1, 0.15) is 100 Å². The minimum absolute atomic E-state index is 0. The summed E-state index contributed by atoms with van der Waals surface area (Å²) in [5.41, 5.74) is -1.57. The molecule has 0 rings (SSSR count). The van der Waals surface area contributed by atoms with Crippen molar-refractivity contribution in [3.8, 4) is 0 Å². The monoisotopic (exact) mass is 362 g/mol. The molecule has 0 heterocycles. The van der Waals surface area contributed by atoms with Crippen LogP contribution in [0, 0.1) is 5.41 Å². The van der Waals surface area contributed by atoms with Gasteiger partial charge < -0.3 is 13.1 Å². The molecule has 0 saturated heterocycles. The smallest absolute Gasteiger partial charge is 1.00 e. The van der Waals surface area contributed by atoms with Crippen molar-refractivity contribution in [3.63, 3.8) is 0 Å². The quantitative estimate of drug-likeness (QED) is 0.234. The molecule has 0 atom stereocenters. The SMILES string of the molecule is CCCCCCCCCCCCC(CCC)(C(=O)O)C(=O)O.[H-].[H-].[K+].[Li+]. The molecule has 6 heteroatoms. The zero-order valence-electron chi connectivity index (χ0n) is 18.4. The van der Waals surface area contributed by atoms with Crippen molar-refractivity contribution in [1.29, 1.82) is 0 Å². The van der Waals surface area contributed by atoms with Crippen LogP contribution >= 0.6 is 0 Å². The van der Waals surface area contributed by atoms with Gasteiger partial charge in [0.2, 0.25) is 0 Å². The zero-order valence-corrected chi connectivity index (χ0v) is 19.5. The van der Waals surface area contributed by atoms with Crippen molar-refractivity contribution in [2.45, 2.75) is 97.3 Å². The molecule has 0 spiro atoms. The summed E-state index contributed by atoms with van der Waals surface area (Å²) in [6.07, 6.45) is 12.7. The van der Waals surface area contributed by atoms with E-state index in [2.05, 4.69) is 6.92 Å². The number of carboxylic acids is 2. The number of hydrogen-bond donors (Lipinski definition) is 2. The van der Waals surface area contributed by atoms with E-state index in [1.54, 1.807) is 0 Å². The van der Waals surface area contributed by atoms with Gasteiger partial charge in [0.05, 0.1) is 0 Å². The number of aliphatic carboxylic acids is 2. The fourth-order valence-corrected chi connectivity index (χ4v) is 2.99. The van der Waals surface area contributed by atoms with E-state index in [-0.39, 0.29) is 85.9 Å². The molecule has 0 saturated carbocycles. The van der Waals surface area contributed by atoms with E-state index >= 15 is 0 Å². The molecule has 0 aliphatic rings. The molecular weight excluding hydrogens is 326 g/mol. The summed E-state index contributed by atoms with van der Waals surface area (Å²) in [5.74, 6) is -2.37. The first-order valence-corrected chi connectivity index (χ1v) is 8.98. The number of unbranched alkanes of at least 4 members (excludes halogenated alkanes) is 9. The summed E-state index contributed by atoms with van der Waals surface area (Å²) in [4.78, 5) is 22.7. The van der Waals surface area contributed by atoms with E-state index in [0.717, 1.165) is 12.8 Å². The molecule has 0 aromatic carbocycles. The van der Waals surface area contributed by atoms with Gasteiger partial charge in [-0.3, -0.25) is 9.59 Å². The summed E-state index contributed by atoms with van der Waals surface area (Å²) in [6.45, 7) is 4.05. The van der Waals surface area contributed by atoms with E-state index in [9.17, 15) is 19.8 Å². The van der Waals surface area contributed by atoms with Gasteiger partial charge in [-0.15, -0.1) is 0 Å². The van der Waals surface area contributed by atoms with Crippen LogP contribution in [0.15, 0.2) is 0 Å². The maximum absolute atomic E-state index is 11.4. The van der Waals surface area contributed by atoms with Gasteiger partial charge >= 0.3 is 82.2 Å². The van der Waals surface area contributed by atoms with Gasteiger partial charge in [0.1, 0.15) is 0 Å². The Morgan fingerprint density at radius 1 is 0.708 bits per heavy atom. The van der Waals surface area contributed by atoms with Crippen LogP contribution in [0.4, 0.5) is 0 Å². The summed E-state index contributed by atoms with van der Waals surface area (Å²) in [7, 11) is 0. The third kappa shape index (κ3) is 12.5. The van der Waals surface area contributed by atoms with Crippen molar-refractivity contribution in [3.05, 3.63) is 0 Å². The normalized spacial score (nSPS) is 10.6. The van der Waals surface area contributed by atoms with Crippen molar-refractivity contribution in [2.75, 3.05) is 0 Å². The number of carbonyl (C=O) groups is 2. The van der Waals surface area contributed by atoms with Gasteiger partial charge in [0.25, 0.3) is 0 Å². The predicted molar refractivity (Wildman–Crippen MR) is 91.3 cm³/mol. The maximum Gasteiger partial charge on any atom is 1.00 e. The van der Waals surface area contributed by atoms with Crippen LogP contribution in [0.25, 0.3) is 0 Å². The van der Waals surface area contributed by atoms with E-state index in [1.165, 1.54) is 44.9 Å². The van der Waals surface area contributed by atoms with Crippen molar-refractivity contribution in [1.82, 2.24) is 0 Å². The molecule has 0 unspecified atom stereocenters. The Balaban J connectivity index is -0.000000367. The Bertz CT molecular complexity index is 320. The van der Waals surface area contributed by atoms with Crippen molar-refractivity contribution in [2.24, 2.45) is 5.41 Å². The van der Waals surface area contributed by atoms with Crippen LogP contribution in [0.2, 0.25) is 0 Å². The van der Waals surface area contributed by atoms with Crippen molar-refractivity contribution < 1.29 is 92.9 Å². The van der Waals surface area contributed by atoms with Gasteiger partial charge in [0, 0.05) is 0 Å². The average Bonchev–Trinajstić information content (AvgIpc) is 2.47. The summed E-state index contributed by atoms with van der Waals surface area (Å²) in [5, 5.41) is 18.6. The summed E-state index contributed by atoms with van der Waals surface area (Å²) < 4.78 is 0. The van der Waals surface area contributed by atoms with Crippen molar-refractivity contribution >= 4 is 11.9 Å². The number of carboxylic acid groups (broad SMARTS) is 2. The zero-order chi connectivity index (χ0) is 16.8. The Labute approximate surface area is 205 Å². The second-order valence-corrected chi connectivity index (χ2v) is 6.37. The predicted octanol–water partition coefficient (Wildman–Crippen LogP) is -0.514. The minimum atomic E-state index is -1.57. The van der Waals surface area contributed by atoms with Crippen LogP contribution in [-0.2, 0) is 9.59 Å². The van der Waals surface area contributed by atoms with Gasteiger partial charge in [-0.2, -0.15) is 0 Å². The minimum Gasteiger partial charge on any atom is -1.00 e. The molecule has 134 valence electrons. The third-order valence-corrected chi connectivity index (χ3v) is 4.45. The maximum atomic E-state index is 11.4. The third-order valence-electron chi connectivity index (χ3n) is 4.45. The second-order valence-electron chi connectivity index (χ2n) is 6.37. The Morgan fingerprint density at radius 3 is 1.42 bits per heavy atom. The molecule has 0 bridgehead atoms. The molecule has 0 aromatic heterocycles. The first-order valence-electron chi connectivity index (χ1n) is 8.98. The van der Waals surface area contributed by atoms with Gasteiger partial charge in [0.15, 0.2) is 5.41 Å². The molecule has 0 aromatic rings. The largest absolute Gasteiger partial charge is 1.00 e. The standard InChI is InChI=1S/C18H34O4.K.Li.2H/c1-3-5-6-7-8-9-10-11-12-13-15-18(14-4-2,16(19)20)17(21)22;;;;/h3-15H2,1-2H3,(H,19,20)(H,21,22);;;;/q;2*+1;2*-1. The van der Waals surface area contributed by atoms with E-state index in [0.29, 0.717) is 12.8 Å². The van der Waals surface area contributed by atoms with Crippen LogP contribution in [0.3, 0.4) is 0 Å². The molecule has 4 nitrogen and oxygen atoms in total. The molecule has 0 aliphatic carbocycles. The molecular formula is C18H36KLiO4. The Hall–Kier alpha value is 1.17. The summed E-state index contributed by atoms with van der Waals surface area (Å²) in [6, 6.07) is 0. The van der Waals surface area contributed by atoms with Gasteiger partial charge in [-0.1, -0.05) is 84.5 Å². The summed E-state index contributed by atoms with van der Waals surface area (Å²) >= 11 is 0. The first-order chi connectivity index (χ1) is 10.5. The van der Waals surface area contributed by atoms with Gasteiger partial charge in [-0.25, -0.2) is 0 Å². The molecule has 2 N–H and O–H groups in total. The molecule has 0 fully saturated rings. The number of hydrogen-bond acceptors (Lipinski definition) is 2. The Morgan fingerprint density at radius 2 is 1.08 bits per heavy atom. The molecule has 0 amide bonds. The van der Waals surface area contributed by atoms with E-state index in [4.69, 9.17) is 0 Å². The molecule has 24 heavy (non-hydrogen) atoms. The van der Waals surface area contributed by atoms with Crippen LogP contribution in [0.5, 0.6) is 0 Å². The second kappa shape index (κ2) is 18.9. The fourth-order valence-electron chi connectivity index (χ4n) is 2.99. The topological polar surface area (TPSA) is 74.6 Å². The van der Waals surface area contributed by atoms with Crippen LogP contribution in [-0.4, -0.2) is 22.2 Å². The number of rotatable bonds is 15. The fraction of sp³-hybridized carbons (Fsp3) is 0.889. The van der Waals surface area contributed by atoms with E-state index in [1.807, 2.05) is 6.92 Å². The first kappa shape index (κ1) is 29.9. The Kier molecular flexibility index (Phi) is 23.6. The molecule has 0 aliphatic heterocycles.